The topological polar surface area (TPSA) is 125 Å². The molecule has 3 amide bonds. The lowest BCUT2D eigenvalue weighted by molar-refractivity contribution is 0.0732. The number of anilines is 1. The van der Waals surface area contributed by atoms with E-state index in [0.29, 0.717) is 49.5 Å². The second-order valence-electron chi connectivity index (χ2n) is 14.4. The van der Waals surface area contributed by atoms with Crippen LogP contribution >= 0.6 is 11.6 Å². The Morgan fingerprint density at radius 2 is 1.61 bits per heavy atom. The van der Waals surface area contributed by atoms with Crippen LogP contribution in [0.5, 0.6) is 0 Å². The number of rotatable bonds is 14. The van der Waals surface area contributed by atoms with E-state index in [1.165, 1.54) is 16.8 Å². The van der Waals surface area contributed by atoms with Crippen molar-refractivity contribution >= 4 is 51.1 Å². The van der Waals surface area contributed by atoms with Crippen LogP contribution in [0.25, 0.3) is 11.8 Å². The summed E-state index contributed by atoms with van der Waals surface area (Å²) in [6.07, 6.45) is 8.46. The van der Waals surface area contributed by atoms with Gasteiger partial charge in [0, 0.05) is 50.5 Å². The molecule has 0 atom stereocenters. The molecule has 2 aliphatic rings. The molecule has 3 aromatic carbocycles. The molecule has 6 rings (SSSR count). The van der Waals surface area contributed by atoms with Gasteiger partial charge >= 0.3 is 0 Å². The van der Waals surface area contributed by atoms with E-state index >= 15 is 0 Å². The summed E-state index contributed by atoms with van der Waals surface area (Å²) >= 11 is 6.84. The number of hydrogen-bond acceptors (Lipinski definition) is 7. The zero-order valence-electron chi connectivity index (χ0n) is 32.9. The van der Waals surface area contributed by atoms with Crippen LogP contribution in [0.2, 0.25) is 5.02 Å². The highest BCUT2D eigenvalue weighted by Gasteiger charge is 2.31. The molecule has 0 saturated heterocycles. The summed E-state index contributed by atoms with van der Waals surface area (Å²) in [6, 6.07) is 15.9. The van der Waals surface area contributed by atoms with E-state index in [2.05, 4.69) is 29.5 Å². The third-order valence-electron chi connectivity index (χ3n) is 10.7. The van der Waals surface area contributed by atoms with E-state index in [1.54, 1.807) is 41.0 Å². The van der Waals surface area contributed by atoms with Crippen molar-refractivity contribution < 1.29 is 22.8 Å². The highest BCUT2D eigenvalue weighted by molar-refractivity contribution is 7.90. The van der Waals surface area contributed by atoms with Crippen LogP contribution in [0.1, 0.15) is 113 Å². The van der Waals surface area contributed by atoms with Gasteiger partial charge in [-0.3, -0.25) is 14.4 Å². The number of carbonyl (C=O) groups is 3. The molecule has 4 aromatic rings. The first-order valence-electron chi connectivity index (χ1n) is 19.6. The molecule has 1 aromatic heterocycles. The Morgan fingerprint density at radius 1 is 0.911 bits per heavy atom. The number of nitrogens with one attached hydrogen (secondary N) is 1. The van der Waals surface area contributed by atoms with Crippen molar-refractivity contribution in [3.8, 4) is 5.69 Å². The number of allylic oxidation sites excluding steroid dienone is 1. The smallest absolute Gasteiger partial charge is 0.275 e. The van der Waals surface area contributed by atoms with Gasteiger partial charge in [-0.15, -0.1) is 0 Å². The molecule has 0 unspecified atom stereocenters. The van der Waals surface area contributed by atoms with Crippen molar-refractivity contribution in [1.82, 2.24) is 24.3 Å². The summed E-state index contributed by atoms with van der Waals surface area (Å²) in [5.41, 5.74) is 5.50. The normalized spacial score (nSPS) is 13.9. The number of sulfonamides is 1. The molecule has 3 heterocycles. The standard InChI is InChI=1S/C43H51ClN6O5S/c1-6-10-21-48(22-11-7-2)43(53)40-39(44)29(5)50(45-40)36-18-17-33(26-35(36)42(52)49-24-19-30-15-12-13-16-34(30)28-49)41(51)46-56(54,55)38-27-37-31(20-23-47(37)9-4)25-32(38)14-8-3/h8,12-18,25-27H,6-7,9-11,19-24,28H2,1-5H3,(H,46,51)/b14-8+. The van der Waals surface area contributed by atoms with Crippen LogP contribution < -0.4 is 9.62 Å². The number of carbonyl (C=O) groups excluding carboxylic acids is 3. The number of unbranched alkanes of at least 4 members (excludes halogenated alkanes) is 2. The molecule has 56 heavy (non-hydrogen) atoms. The van der Waals surface area contributed by atoms with Gasteiger partial charge in [-0.1, -0.05) is 74.7 Å². The third-order valence-corrected chi connectivity index (χ3v) is 12.5. The third kappa shape index (κ3) is 8.27. The van der Waals surface area contributed by atoms with Crippen molar-refractivity contribution in [3.63, 3.8) is 0 Å². The van der Waals surface area contributed by atoms with Gasteiger partial charge in [-0.25, -0.2) is 17.8 Å². The van der Waals surface area contributed by atoms with Crippen molar-refractivity contribution in [2.75, 3.05) is 37.6 Å². The zero-order valence-corrected chi connectivity index (χ0v) is 34.5. The maximum Gasteiger partial charge on any atom is 0.275 e. The van der Waals surface area contributed by atoms with E-state index < -0.39 is 15.9 Å². The number of halogens is 1. The summed E-state index contributed by atoms with van der Waals surface area (Å²) in [7, 11) is -4.35. The van der Waals surface area contributed by atoms with Crippen molar-refractivity contribution in [2.45, 2.75) is 84.6 Å². The van der Waals surface area contributed by atoms with Gasteiger partial charge in [0.25, 0.3) is 27.7 Å². The molecule has 296 valence electrons. The van der Waals surface area contributed by atoms with Gasteiger partial charge in [0.2, 0.25) is 0 Å². The first kappa shape index (κ1) is 40.7. The Labute approximate surface area is 335 Å². The molecular formula is C43H51ClN6O5S. The monoisotopic (exact) mass is 798 g/mol. The predicted octanol–water partition coefficient (Wildman–Crippen LogP) is 7.61. The summed E-state index contributed by atoms with van der Waals surface area (Å²) in [5, 5.41) is 4.88. The Morgan fingerprint density at radius 3 is 2.29 bits per heavy atom. The lowest BCUT2D eigenvalue weighted by Gasteiger charge is -2.29. The minimum absolute atomic E-state index is 0.00567. The summed E-state index contributed by atoms with van der Waals surface area (Å²) in [4.78, 5) is 48.0. The number of hydrogen-bond donors (Lipinski definition) is 1. The van der Waals surface area contributed by atoms with Gasteiger partial charge < -0.3 is 14.7 Å². The molecular weight excluding hydrogens is 748 g/mol. The Balaban J connectivity index is 1.39. The summed E-state index contributed by atoms with van der Waals surface area (Å²) < 4.78 is 31.7. The van der Waals surface area contributed by atoms with Gasteiger partial charge in [0.05, 0.1) is 26.9 Å². The van der Waals surface area contributed by atoms with Crippen LogP contribution in [0.15, 0.2) is 65.6 Å². The Hall–Kier alpha value is -4.94. The number of nitrogens with zero attached hydrogens (tertiary/aromatic N) is 5. The van der Waals surface area contributed by atoms with Gasteiger partial charge in [0.1, 0.15) is 0 Å². The molecule has 0 saturated carbocycles. The van der Waals surface area contributed by atoms with Gasteiger partial charge in [0.15, 0.2) is 5.69 Å². The molecule has 0 spiro atoms. The fourth-order valence-corrected chi connectivity index (χ4v) is 8.87. The minimum atomic E-state index is -4.35. The van der Waals surface area contributed by atoms with Crippen LogP contribution in [0, 0.1) is 6.92 Å². The number of aromatic nitrogens is 2. The zero-order chi connectivity index (χ0) is 40.1. The highest BCUT2D eigenvalue weighted by Crippen LogP contribution is 2.34. The molecule has 0 radical (unpaired) electrons. The lowest BCUT2D eigenvalue weighted by Crippen LogP contribution is -2.37. The molecule has 0 fully saturated rings. The average molecular weight is 799 g/mol. The second kappa shape index (κ2) is 17.5. The molecule has 1 N–H and O–H groups in total. The molecule has 2 aliphatic heterocycles. The van der Waals surface area contributed by atoms with E-state index in [4.69, 9.17) is 16.7 Å². The van der Waals surface area contributed by atoms with Crippen LogP contribution in [-0.2, 0) is 29.4 Å². The fourth-order valence-electron chi connectivity index (χ4n) is 7.50. The van der Waals surface area contributed by atoms with Crippen LogP contribution in [0.4, 0.5) is 5.69 Å². The molecule has 13 heteroatoms. The van der Waals surface area contributed by atoms with Crippen molar-refractivity contribution in [2.24, 2.45) is 0 Å². The minimum Gasteiger partial charge on any atom is -0.371 e. The van der Waals surface area contributed by atoms with Crippen LogP contribution in [0.3, 0.4) is 0 Å². The number of fused-ring (bicyclic) bond motifs is 2. The van der Waals surface area contributed by atoms with E-state index in [0.717, 1.165) is 67.6 Å². The van der Waals surface area contributed by atoms with Crippen molar-refractivity contribution in [1.29, 1.82) is 0 Å². The Bertz CT molecular complexity index is 2280. The van der Waals surface area contributed by atoms with Crippen molar-refractivity contribution in [3.05, 3.63) is 110 Å². The maximum absolute atomic E-state index is 14.6. The Kier molecular flexibility index (Phi) is 12.7. The maximum atomic E-state index is 14.6. The van der Waals surface area contributed by atoms with Gasteiger partial charge in [-0.05, 0) is 99.0 Å². The summed E-state index contributed by atoms with van der Waals surface area (Å²) in [6.45, 7) is 13.1. The largest absolute Gasteiger partial charge is 0.371 e. The quantitative estimate of drug-likeness (QED) is 0.139. The van der Waals surface area contributed by atoms with E-state index in [-0.39, 0.29) is 38.6 Å². The number of likely N-dealkylation sites (N-methyl/N-ethyl adjacent to an activating group) is 1. The lowest BCUT2D eigenvalue weighted by atomic mass is 9.98. The first-order valence-corrected chi connectivity index (χ1v) is 21.4. The average Bonchev–Trinajstić information content (AvgIpc) is 3.75. The number of benzene rings is 3. The highest BCUT2D eigenvalue weighted by atomic mass is 35.5. The summed E-state index contributed by atoms with van der Waals surface area (Å²) in [5.74, 6) is -1.54. The molecule has 0 aliphatic carbocycles. The predicted molar refractivity (Wildman–Crippen MR) is 221 cm³/mol. The number of amides is 3. The molecule has 11 nitrogen and oxygen atoms in total. The SMILES string of the molecule is C/C=C/c1cc2c(cc1S(=O)(=O)NC(=O)c1ccc(-n3nc(C(=O)N(CCCC)CCCC)c(Cl)c3C)c(C(=O)N3CCc4ccccc4C3)c1)N(CC)CC2. The second-order valence-corrected chi connectivity index (χ2v) is 16.4. The van der Waals surface area contributed by atoms with E-state index in [1.807, 2.05) is 38.1 Å². The first-order chi connectivity index (χ1) is 26.9. The van der Waals surface area contributed by atoms with E-state index in [9.17, 15) is 22.8 Å². The van der Waals surface area contributed by atoms with Gasteiger partial charge in [-0.2, -0.15) is 5.10 Å². The van der Waals surface area contributed by atoms with Crippen LogP contribution in [-0.4, -0.2) is 78.4 Å². The fraction of sp³-hybridized carbons (Fsp3) is 0.395. The molecule has 0 bridgehead atoms.